The number of rotatable bonds is 9. The molecule has 2 aromatic carbocycles. The van der Waals surface area contributed by atoms with Crippen LogP contribution in [0.1, 0.15) is 12.5 Å². The quantitative estimate of drug-likeness (QED) is 0.586. The van der Waals surface area contributed by atoms with Crippen molar-refractivity contribution in [3.63, 3.8) is 0 Å². The van der Waals surface area contributed by atoms with Gasteiger partial charge in [-0.15, -0.1) is 0 Å². The first-order valence-corrected chi connectivity index (χ1v) is 10.8. The smallest absolute Gasteiger partial charge is 0.241 e. The number of carbonyl (C=O) groups is 1. The average molecular weight is 471 g/mol. The Morgan fingerprint density at radius 1 is 1.07 bits per heavy atom. The van der Waals surface area contributed by atoms with E-state index in [-0.39, 0.29) is 4.90 Å². The normalized spacial score (nSPS) is 12.3. The zero-order chi connectivity index (χ0) is 20.7. The maximum absolute atomic E-state index is 12.4. The average Bonchev–Trinajstić information content (AvgIpc) is 2.67. The molecule has 0 bridgehead atoms. The summed E-state index contributed by atoms with van der Waals surface area (Å²) in [5.74, 6) is 0.842. The predicted molar refractivity (Wildman–Crippen MR) is 110 cm³/mol. The molecule has 0 radical (unpaired) electrons. The largest absolute Gasteiger partial charge is 0.493 e. The second-order valence-corrected chi connectivity index (χ2v) is 8.66. The summed E-state index contributed by atoms with van der Waals surface area (Å²) in [4.78, 5) is 12.3. The number of halogens is 1. The molecule has 1 atom stereocenters. The lowest BCUT2D eigenvalue weighted by Crippen LogP contribution is -2.45. The van der Waals surface area contributed by atoms with Crippen molar-refractivity contribution < 1.29 is 22.7 Å². The Morgan fingerprint density at radius 3 is 2.32 bits per heavy atom. The van der Waals surface area contributed by atoms with Crippen LogP contribution in [0.5, 0.6) is 11.5 Å². The Bertz CT molecular complexity index is 916. The van der Waals surface area contributed by atoms with Gasteiger partial charge in [-0.25, -0.2) is 8.42 Å². The van der Waals surface area contributed by atoms with Gasteiger partial charge in [0, 0.05) is 11.0 Å². The molecule has 9 heteroatoms. The number of hydrogen-bond donors (Lipinski definition) is 2. The van der Waals surface area contributed by atoms with E-state index in [1.165, 1.54) is 19.1 Å². The van der Waals surface area contributed by atoms with Gasteiger partial charge in [-0.05, 0) is 55.3 Å². The fourth-order valence-electron chi connectivity index (χ4n) is 2.49. The third-order valence-electron chi connectivity index (χ3n) is 4.01. The minimum Gasteiger partial charge on any atom is -0.493 e. The molecule has 0 aromatic heterocycles. The molecule has 152 valence electrons. The number of carbonyl (C=O) groups excluding carboxylic acids is 1. The van der Waals surface area contributed by atoms with Crippen molar-refractivity contribution in [1.29, 1.82) is 0 Å². The molecule has 2 rings (SSSR count). The van der Waals surface area contributed by atoms with Gasteiger partial charge in [0.15, 0.2) is 11.5 Å². The summed E-state index contributed by atoms with van der Waals surface area (Å²) in [7, 11) is -0.655. The Kier molecular flexibility index (Phi) is 7.85. The van der Waals surface area contributed by atoms with E-state index in [0.717, 1.165) is 10.0 Å². The number of amides is 1. The Labute approximate surface area is 173 Å². The summed E-state index contributed by atoms with van der Waals surface area (Å²) < 4.78 is 38.3. The molecule has 2 aromatic rings. The number of methoxy groups -OCH3 is 2. The highest BCUT2D eigenvalue weighted by atomic mass is 79.9. The molecule has 0 spiro atoms. The lowest BCUT2D eigenvalue weighted by molar-refractivity contribution is -0.122. The summed E-state index contributed by atoms with van der Waals surface area (Å²) in [6, 6.07) is 10.8. The molecular formula is C19H23BrN2O5S. The van der Waals surface area contributed by atoms with Crippen LogP contribution in [-0.2, 0) is 21.2 Å². The molecule has 0 fully saturated rings. The van der Waals surface area contributed by atoms with Crippen molar-refractivity contribution in [1.82, 2.24) is 10.0 Å². The number of ether oxygens (including phenoxy) is 2. The van der Waals surface area contributed by atoms with Gasteiger partial charge in [-0.3, -0.25) is 4.79 Å². The van der Waals surface area contributed by atoms with Gasteiger partial charge in [0.1, 0.15) is 0 Å². The van der Waals surface area contributed by atoms with Gasteiger partial charge in [0.2, 0.25) is 15.9 Å². The molecule has 7 nitrogen and oxygen atoms in total. The van der Waals surface area contributed by atoms with Gasteiger partial charge in [0.05, 0.1) is 25.2 Å². The number of nitrogens with one attached hydrogen (secondary N) is 2. The third-order valence-corrected chi connectivity index (χ3v) is 6.10. The van der Waals surface area contributed by atoms with Crippen molar-refractivity contribution >= 4 is 31.9 Å². The molecule has 2 N–H and O–H groups in total. The zero-order valence-electron chi connectivity index (χ0n) is 15.9. The van der Waals surface area contributed by atoms with E-state index in [4.69, 9.17) is 9.47 Å². The monoisotopic (exact) mass is 470 g/mol. The molecule has 0 aliphatic rings. The molecule has 1 unspecified atom stereocenters. The fourth-order valence-corrected chi connectivity index (χ4v) is 3.95. The van der Waals surface area contributed by atoms with Crippen molar-refractivity contribution in [3.05, 3.63) is 52.5 Å². The summed E-state index contributed by atoms with van der Waals surface area (Å²) in [5.41, 5.74) is 0.959. The van der Waals surface area contributed by atoms with Crippen LogP contribution in [0, 0.1) is 0 Å². The zero-order valence-corrected chi connectivity index (χ0v) is 18.3. The van der Waals surface area contributed by atoms with Gasteiger partial charge in [-0.2, -0.15) is 4.72 Å². The Morgan fingerprint density at radius 2 is 1.71 bits per heavy atom. The highest BCUT2D eigenvalue weighted by molar-refractivity contribution is 9.10. The van der Waals surface area contributed by atoms with Crippen LogP contribution < -0.4 is 19.5 Å². The van der Waals surface area contributed by atoms with Crippen LogP contribution in [0.15, 0.2) is 51.8 Å². The first kappa shape index (κ1) is 22.2. The topological polar surface area (TPSA) is 93.7 Å². The van der Waals surface area contributed by atoms with Crippen molar-refractivity contribution in [2.75, 3.05) is 20.8 Å². The van der Waals surface area contributed by atoms with Gasteiger partial charge in [-0.1, -0.05) is 22.0 Å². The van der Waals surface area contributed by atoms with E-state index in [2.05, 4.69) is 26.0 Å². The minimum absolute atomic E-state index is 0.0978. The van der Waals surface area contributed by atoms with E-state index in [1.54, 1.807) is 32.4 Å². The number of benzene rings is 2. The molecule has 0 aliphatic carbocycles. The standard InChI is InChI=1S/C19H23BrN2O5S/c1-13(22-28(24,25)16-7-5-15(20)6-8-16)19(23)21-11-10-14-4-9-17(26-2)18(12-14)27-3/h4-9,12-13,22H,10-11H2,1-3H3,(H,21,23). The summed E-state index contributed by atoms with van der Waals surface area (Å²) in [6.07, 6.45) is 0.568. The maximum Gasteiger partial charge on any atom is 0.241 e. The molecule has 1 amide bonds. The van der Waals surface area contributed by atoms with E-state index >= 15 is 0 Å². The maximum atomic E-state index is 12.4. The van der Waals surface area contributed by atoms with Crippen molar-refractivity contribution in [3.8, 4) is 11.5 Å². The van der Waals surface area contributed by atoms with Crippen LogP contribution >= 0.6 is 15.9 Å². The van der Waals surface area contributed by atoms with Gasteiger partial charge >= 0.3 is 0 Å². The molecule has 0 saturated carbocycles. The summed E-state index contributed by atoms with van der Waals surface area (Å²) in [6.45, 7) is 1.86. The fraction of sp³-hybridized carbons (Fsp3) is 0.316. The predicted octanol–water partition coefficient (Wildman–Crippen LogP) is 2.49. The first-order valence-electron chi connectivity index (χ1n) is 8.53. The van der Waals surface area contributed by atoms with E-state index < -0.39 is 22.0 Å². The molecule has 0 heterocycles. The molecular weight excluding hydrogens is 448 g/mol. The minimum atomic E-state index is -3.78. The van der Waals surface area contributed by atoms with Crippen LogP contribution in [-0.4, -0.2) is 41.1 Å². The lowest BCUT2D eigenvalue weighted by atomic mass is 10.1. The lowest BCUT2D eigenvalue weighted by Gasteiger charge is -2.15. The van der Waals surface area contributed by atoms with Crippen LogP contribution in [0.3, 0.4) is 0 Å². The van der Waals surface area contributed by atoms with E-state index in [0.29, 0.717) is 24.5 Å². The van der Waals surface area contributed by atoms with Crippen LogP contribution in [0.4, 0.5) is 0 Å². The van der Waals surface area contributed by atoms with Gasteiger partial charge in [0.25, 0.3) is 0 Å². The van der Waals surface area contributed by atoms with Crippen LogP contribution in [0.25, 0.3) is 0 Å². The van der Waals surface area contributed by atoms with E-state index in [1.807, 2.05) is 12.1 Å². The van der Waals surface area contributed by atoms with Crippen LogP contribution in [0.2, 0.25) is 0 Å². The summed E-state index contributed by atoms with van der Waals surface area (Å²) >= 11 is 3.26. The number of hydrogen-bond acceptors (Lipinski definition) is 5. The summed E-state index contributed by atoms with van der Waals surface area (Å²) in [5, 5.41) is 2.73. The SMILES string of the molecule is COc1ccc(CCNC(=O)C(C)NS(=O)(=O)c2ccc(Br)cc2)cc1OC. The second-order valence-electron chi connectivity index (χ2n) is 6.03. The molecule has 0 saturated heterocycles. The van der Waals surface area contributed by atoms with E-state index in [9.17, 15) is 13.2 Å². The third kappa shape index (κ3) is 5.95. The molecule has 0 aliphatic heterocycles. The second kappa shape index (κ2) is 9.90. The van der Waals surface area contributed by atoms with Gasteiger partial charge < -0.3 is 14.8 Å². The first-order chi connectivity index (χ1) is 13.3. The number of sulfonamides is 1. The highest BCUT2D eigenvalue weighted by Gasteiger charge is 2.21. The Balaban J connectivity index is 1.89. The Hall–Kier alpha value is -2.10. The molecule has 28 heavy (non-hydrogen) atoms. The van der Waals surface area contributed by atoms with Crippen molar-refractivity contribution in [2.24, 2.45) is 0 Å². The highest BCUT2D eigenvalue weighted by Crippen LogP contribution is 2.27. The van der Waals surface area contributed by atoms with Crippen molar-refractivity contribution in [2.45, 2.75) is 24.3 Å².